The van der Waals surface area contributed by atoms with Gasteiger partial charge < -0.3 is 0 Å². The van der Waals surface area contributed by atoms with Crippen LogP contribution in [0.3, 0.4) is 0 Å². The molecule has 0 radical (unpaired) electrons. The molecule has 2 aliphatic heterocycles. The van der Waals surface area contributed by atoms with E-state index < -0.39 is 18.4 Å². The average Bonchev–Trinajstić information content (AvgIpc) is 2.49. The first kappa shape index (κ1) is 13.7. The van der Waals surface area contributed by atoms with Gasteiger partial charge in [0.1, 0.15) is 0 Å². The second-order valence-electron chi connectivity index (χ2n) is 5.92. The summed E-state index contributed by atoms with van der Waals surface area (Å²) in [6.45, 7) is 3.55. The van der Waals surface area contributed by atoms with Crippen molar-refractivity contribution in [3.05, 3.63) is 9.85 Å². The van der Waals surface area contributed by atoms with E-state index in [1.165, 1.54) is 3.78 Å². The van der Waals surface area contributed by atoms with Gasteiger partial charge in [-0.05, 0) is 0 Å². The van der Waals surface area contributed by atoms with Crippen molar-refractivity contribution in [2.24, 2.45) is 5.92 Å². The van der Waals surface area contributed by atoms with Crippen LogP contribution in [0.25, 0.3) is 0 Å². The van der Waals surface area contributed by atoms with E-state index in [1.807, 2.05) is 6.92 Å². The Balaban J connectivity index is 1.97. The number of hydrogen-bond donors (Lipinski definition) is 0. The molecule has 98 valence electrons. The quantitative estimate of drug-likeness (QED) is 0.735. The van der Waals surface area contributed by atoms with Crippen molar-refractivity contribution in [3.63, 3.8) is 0 Å². The molecule has 0 unspecified atom stereocenters. The Morgan fingerprint density at radius 2 is 2.18 bits per heavy atom. The minimum atomic E-state index is -2.04. The fraction of sp³-hybridized carbons (Fsp3) is 0.846. The van der Waals surface area contributed by atoms with Gasteiger partial charge in [0, 0.05) is 0 Å². The van der Waals surface area contributed by atoms with Crippen molar-refractivity contribution in [2.75, 3.05) is 13.2 Å². The normalized spacial score (nSPS) is 33.6. The second kappa shape index (κ2) is 5.49. The Hall–Kier alpha value is 0.259. The molecular formula is C13H24O3Sn. The number of ether oxygens (including phenoxy) is 3. The Morgan fingerprint density at radius 1 is 1.41 bits per heavy atom. The Morgan fingerprint density at radius 3 is 2.82 bits per heavy atom. The Labute approximate surface area is 108 Å². The molecule has 1 fully saturated rings. The van der Waals surface area contributed by atoms with Crippen LogP contribution in [0.1, 0.15) is 19.8 Å². The third-order valence-electron chi connectivity index (χ3n) is 3.43. The summed E-state index contributed by atoms with van der Waals surface area (Å²) in [7, 11) is 0. The molecule has 0 aromatic rings. The van der Waals surface area contributed by atoms with Crippen LogP contribution in [0.5, 0.6) is 0 Å². The van der Waals surface area contributed by atoms with Gasteiger partial charge >= 0.3 is 109 Å². The molecule has 3 nitrogen and oxygen atoms in total. The van der Waals surface area contributed by atoms with Crippen molar-refractivity contribution in [1.82, 2.24) is 0 Å². The third kappa shape index (κ3) is 3.38. The molecule has 0 saturated carbocycles. The summed E-state index contributed by atoms with van der Waals surface area (Å²) in [6.07, 6.45) is 4.57. The first-order valence-electron chi connectivity index (χ1n) is 6.61. The topological polar surface area (TPSA) is 27.7 Å². The monoisotopic (exact) mass is 348 g/mol. The fourth-order valence-electron chi connectivity index (χ4n) is 2.48. The summed E-state index contributed by atoms with van der Waals surface area (Å²) in [4.78, 5) is 7.18. The first-order valence-corrected chi connectivity index (χ1v) is 16.6. The molecule has 0 aromatic carbocycles. The van der Waals surface area contributed by atoms with Crippen LogP contribution in [0.2, 0.25) is 14.8 Å². The second-order valence-corrected chi connectivity index (χ2v) is 20.2. The zero-order valence-corrected chi connectivity index (χ0v) is 14.2. The van der Waals surface area contributed by atoms with Gasteiger partial charge in [-0.1, -0.05) is 0 Å². The standard InChI is InChI=1S/C10H15O3.3CH3.Sn/c1-2-12-10-6-8-7-11-5-3-4-9(8)13-10;;;;/h3,8-10H,2,4,6-7H2,1H3;3*1H3;/t8-,9-,10+;;;;/m1..../s1. The Kier molecular flexibility index (Phi) is 4.42. The average molecular weight is 347 g/mol. The summed E-state index contributed by atoms with van der Waals surface area (Å²) < 4.78 is 18.8. The van der Waals surface area contributed by atoms with Crippen LogP contribution in [-0.2, 0) is 14.2 Å². The van der Waals surface area contributed by atoms with Crippen LogP contribution in [0.4, 0.5) is 0 Å². The molecule has 17 heavy (non-hydrogen) atoms. The van der Waals surface area contributed by atoms with E-state index >= 15 is 0 Å². The van der Waals surface area contributed by atoms with Gasteiger partial charge in [-0.2, -0.15) is 0 Å². The van der Waals surface area contributed by atoms with Gasteiger partial charge in [-0.25, -0.2) is 0 Å². The fourth-order valence-corrected chi connectivity index (χ4v) is 6.04. The van der Waals surface area contributed by atoms with Crippen molar-refractivity contribution in [3.8, 4) is 0 Å². The summed E-state index contributed by atoms with van der Waals surface area (Å²) in [5.74, 6) is 0.508. The summed E-state index contributed by atoms with van der Waals surface area (Å²) in [6, 6.07) is 0. The number of fused-ring (bicyclic) bond motifs is 1. The van der Waals surface area contributed by atoms with Gasteiger partial charge in [0.25, 0.3) is 0 Å². The van der Waals surface area contributed by atoms with E-state index in [2.05, 4.69) is 20.9 Å². The van der Waals surface area contributed by atoms with E-state index in [0.29, 0.717) is 12.0 Å². The van der Waals surface area contributed by atoms with E-state index in [0.717, 1.165) is 26.1 Å². The van der Waals surface area contributed by atoms with Crippen LogP contribution in [0.15, 0.2) is 9.85 Å². The molecule has 0 aliphatic carbocycles. The zero-order chi connectivity index (χ0) is 12.5. The van der Waals surface area contributed by atoms with Gasteiger partial charge in [0.2, 0.25) is 0 Å². The van der Waals surface area contributed by atoms with Crippen LogP contribution >= 0.6 is 0 Å². The first-order chi connectivity index (χ1) is 8.00. The maximum atomic E-state index is 6.03. The van der Waals surface area contributed by atoms with Gasteiger partial charge in [0.05, 0.1) is 0 Å². The van der Waals surface area contributed by atoms with Crippen LogP contribution in [0, 0.1) is 5.92 Å². The van der Waals surface area contributed by atoms with Crippen molar-refractivity contribution < 1.29 is 14.2 Å². The molecule has 0 aromatic heterocycles. The molecule has 0 bridgehead atoms. The number of rotatable bonds is 3. The van der Waals surface area contributed by atoms with Gasteiger partial charge in [-0.3, -0.25) is 0 Å². The molecule has 3 atom stereocenters. The molecule has 2 rings (SSSR count). The van der Waals surface area contributed by atoms with Crippen molar-refractivity contribution >= 4 is 18.4 Å². The molecule has 4 heteroatoms. The predicted molar refractivity (Wildman–Crippen MR) is 70.4 cm³/mol. The van der Waals surface area contributed by atoms with Crippen LogP contribution < -0.4 is 0 Å². The van der Waals surface area contributed by atoms with Crippen molar-refractivity contribution in [1.29, 1.82) is 0 Å². The molecule has 2 heterocycles. The summed E-state index contributed by atoms with van der Waals surface area (Å²) in [5, 5.41) is 0. The molecule has 2 aliphatic rings. The summed E-state index contributed by atoms with van der Waals surface area (Å²) in [5.41, 5.74) is 0. The molecule has 0 spiro atoms. The molecule has 1 saturated heterocycles. The molecule has 0 N–H and O–H groups in total. The summed E-state index contributed by atoms with van der Waals surface area (Å²) >= 11 is -2.04. The van der Waals surface area contributed by atoms with E-state index in [4.69, 9.17) is 14.2 Å². The minimum absolute atomic E-state index is 0.00768. The van der Waals surface area contributed by atoms with Crippen molar-refractivity contribution in [2.45, 2.75) is 47.0 Å². The maximum absolute atomic E-state index is 6.03. The predicted octanol–water partition coefficient (Wildman–Crippen LogP) is 2.94. The molecular weight excluding hydrogens is 323 g/mol. The van der Waals surface area contributed by atoms with Gasteiger partial charge in [-0.15, -0.1) is 0 Å². The van der Waals surface area contributed by atoms with E-state index in [-0.39, 0.29) is 6.29 Å². The Bertz CT molecular complexity index is 296. The zero-order valence-electron chi connectivity index (χ0n) is 11.4. The molecule has 0 amide bonds. The third-order valence-corrected chi connectivity index (χ3v) is 8.64. The van der Waals surface area contributed by atoms with Gasteiger partial charge in [0.15, 0.2) is 0 Å². The SMILES string of the molecule is CCO[C@@H]1C[C@@H]2CO[C]([Sn]([CH3])([CH3])[CH3])=CC[C@H]2O1. The van der Waals surface area contributed by atoms with Crippen LogP contribution in [-0.4, -0.2) is 44.0 Å². The van der Waals surface area contributed by atoms with E-state index in [9.17, 15) is 0 Å². The number of hydrogen-bond acceptors (Lipinski definition) is 3. The van der Waals surface area contributed by atoms with E-state index in [1.54, 1.807) is 0 Å².